The van der Waals surface area contributed by atoms with E-state index in [1.54, 1.807) is 35.1 Å². The molecule has 0 radical (unpaired) electrons. The Morgan fingerprint density at radius 2 is 1.53 bits per heavy atom. The first-order valence-electron chi connectivity index (χ1n) is 9.52. The van der Waals surface area contributed by atoms with Crippen molar-refractivity contribution in [3.63, 3.8) is 0 Å². The molecule has 3 aromatic carbocycles. The number of aromatic nitrogens is 2. The van der Waals surface area contributed by atoms with Gasteiger partial charge in [-0.1, -0.05) is 72.3 Å². The lowest BCUT2D eigenvalue weighted by atomic mass is 10.2. The summed E-state index contributed by atoms with van der Waals surface area (Å²) < 4.78 is 7.62. The standard InChI is InChI=1S/C24H20ClN3O2/c25-20-11-13-21(14-12-20)26-23(29)22-16-28(15-18-7-3-1-4-8-18)27-24(22)30-17-19-9-5-2-6-10-19/h1-14,16H,15,17H2,(H,26,29). The Labute approximate surface area is 179 Å². The molecule has 0 aliphatic heterocycles. The van der Waals surface area contributed by atoms with Crippen LogP contribution in [0.25, 0.3) is 0 Å². The van der Waals surface area contributed by atoms with Crippen molar-refractivity contribution >= 4 is 23.2 Å². The minimum atomic E-state index is -0.292. The lowest BCUT2D eigenvalue weighted by Gasteiger charge is -2.07. The number of nitrogens with one attached hydrogen (secondary N) is 1. The maximum atomic E-state index is 12.9. The van der Waals surface area contributed by atoms with Gasteiger partial charge in [-0.25, -0.2) is 0 Å². The first-order valence-corrected chi connectivity index (χ1v) is 9.90. The van der Waals surface area contributed by atoms with Crippen molar-refractivity contribution in [1.29, 1.82) is 0 Å². The van der Waals surface area contributed by atoms with Gasteiger partial charge in [0.05, 0.1) is 6.54 Å². The number of carbonyl (C=O) groups excluding carboxylic acids is 1. The average Bonchev–Trinajstić information content (AvgIpc) is 3.18. The Morgan fingerprint density at radius 3 is 2.20 bits per heavy atom. The second-order valence-electron chi connectivity index (χ2n) is 6.77. The minimum Gasteiger partial charge on any atom is -0.471 e. The van der Waals surface area contributed by atoms with Gasteiger partial charge in [-0.15, -0.1) is 5.10 Å². The number of hydrogen-bond acceptors (Lipinski definition) is 3. The number of ether oxygens (including phenoxy) is 1. The molecule has 1 amide bonds. The van der Waals surface area contributed by atoms with Gasteiger partial charge in [-0.3, -0.25) is 9.48 Å². The van der Waals surface area contributed by atoms with E-state index in [-0.39, 0.29) is 5.91 Å². The summed E-state index contributed by atoms with van der Waals surface area (Å²) in [5.41, 5.74) is 3.10. The van der Waals surface area contributed by atoms with Crippen LogP contribution in [0.4, 0.5) is 5.69 Å². The molecule has 0 spiro atoms. The molecule has 30 heavy (non-hydrogen) atoms. The van der Waals surface area contributed by atoms with Crippen LogP contribution in [0.1, 0.15) is 21.5 Å². The molecule has 6 heteroatoms. The molecule has 0 saturated carbocycles. The van der Waals surface area contributed by atoms with E-state index >= 15 is 0 Å². The summed E-state index contributed by atoms with van der Waals surface area (Å²) >= 11 is 5.92. The molecular weight excluding hydrogens is 398 g/mol. The summed E-state index contributed by atoms with van der Waals surface area (Å²) in [5, 5.41) is 7.99. The van der Waals surface area contributed by atoms with Crippen LogP contribution >= 0.6 is 11.6 Å². The molecule has 4 aromatic rings. The highest BCUT2D eigenvalue weighted by atomic mass is 35.5. The van der Waals surface area contributed by atoms with Crippen molar-refractivity contribution in [2.75, 3.05) is 5.32 Å². The van der Waals surface area contributed by atoms with Gasteiger partial charge in [0.1, 0.15) is 12.2 Å². The number of carbonyl (C=O) groups is 1. The number of anilines is 1. The fraction of sp³-hybridized carbons (Fsp3) is 0.0833. The fourth-order valence-electron chi connectivity index (χ4n) is 2.98. The zero-order valence-corrected chi connectivity index (χ0v) is 16.9. The van der Waals surface area contributed by atoms with E-state index in [0.29, 0.717) is 35.3 Å². The highest BCUT2D eigenvalue weighted by Crippen LogP contribution is 2.21. The Kier molecular flexibility index (Phi) is 6.11. The van der Waals surface area contributed by atoms with Gasteiger partial charge in [-0.2, -0.15) is 0 Å². The molecule has 0 aliphatic rings. The molecule has 0 aliphatic carbocycles. The summed E-state index contributed by atoms with van der Waals surface area (Å²) in [6.45, 7) is 0.862. The van der Waals surface area contributed by atoms with E-state index in [1.807, 2.05) is 60.7 Å². The van der Waals surface area contributed by atoms with Gasteiger partial charge in [0, 0.05) is 16.9 Å². The van der Waals surface area contributed by atoms with Crippen molar-refractivity contribution in [2.45, 2.75) is 13.2 Å². The summed E-state index contributed by atoms with van der Waals surface area (Å²) in [6, 6.07) is 26.7. The normalized spacial score (nSPS) is 10.6. The Morgan fingerprint density at radius 1 is 0.900 bits per heavy atom. The zero-order valence-electron chi connectivity index (χ0n) is 16.2. The van der Waals surface area contributed by atoms with Gasteiger partial charge in [0.2, 0.25) is 5.88 Å². The Hall–Kier alpha value is -3.57. The maximum absolute atomic E-state index is 12.9. The quantitative estimate of drug-likeness (QED) is 0.437. The highest BCUT2D eigenvalue weighted by Gasteiger charge is 2.19. The topological polar surface area (TPSA) is 56.2 Å². The van der Waals surface area contributed by atoms with Crippen molar-refractivity contribution in [2.24, 2.45) is 0 Å². The van der Waals surface area contributed by atoms with Crippen LogP contribution in [0.2, 0.25) is 5.02 Å². The number of benzene rings is 3. The van der Waals surface area contributed by atoms with Crippen LogP contribution in [0.3, 0.4) is 0 Å². The third-order valence-corrected chi connectivity index (χ3v) is 4.73. The van der Waals surface area contributed by atoms with Gasteiger partial charge >= 0.3 is 0 Å². The van der Waals surface area contributed by atoms with Crippen LogP contribution in [0.5, 0.6) is 5.88 Å². The first kappa shape index (κ1) is 19.7. The lowest BCUT2D eigenvalue weighted by Crippen LogP contribution is -2.12. The number of rotatable bonds is 7. The van der Waals surface area contributed by atoms with Crippen LogP contribution in [0.15, 0.2) is 91.1 Å². The molecule has 1 aromatic heterocycles. The summed E-state index contributed by atoms with van der Waals surface area (Å²) in [7, 11) is 0. The molecule has 150 valence electrons. The second kappa shape index (κ2) is 9.29. The van der Waals surface area contributed by atoms with E-state index < -0.39 is 0 Å². The van der Waals surface area contributed by atoms with Crippen molar-refractivity contribution in [3.8, 4) is 5.88 Å². The van der Waals surface area contributed by atoms with E-state index in [9.17, 15) is 4.79 Å². The van der Waals surface area contributed by atoms with Crippen LogP contribution < -0.4 is 10.1 Å². The molecule has 1 N–H and O–H groups in total. The average molecular weight is 418 g/mol. The smallest absolute Gasteiger partial charge is 0.262 e. The van der Waals surface area contributed by atoms with Crippen LogP contribution in [-0.2, 0) is 13.2 Å². The summed E-state index contributed by atoms with van der Waals surface area (Å²) in [6.07, 6.45) is 1.71. The lowest BCUT2D eigenvalue weighted by molar-refractivity contribution is 0.102. The van der Waals surface area contributed by atoms with E-state index in [2.05, 4.69) is 10.4 Å². The predicted octanol–water partition coefficient (Wildman–Crippen LogP) is 5.42. The fourth-order valence-corrected chi connectivity index (χ4v) is 3.10. The Balaban J connectivity index is 1.56. The van der Waals surface area contributed by atoms with Gasteiger partial charge in [-0.05, 0) is 35.4 Å². The third kappa shape index (κ3) is 5.07. The number of amides is 1. The van der Waals surface area contributed by atoms with E-state index in [0.717, 1.165) is 11.1 Å². The van der Waals surface area contributed by atoms with Crippen molar-refractivity contribution in [3.05, 3.63) is 113 Å². The second-order valence-corrected chi connectivity index (χ2v) is 7.20. The Bertz CT molecular complexity index is 1110. The monoisotopic (exact) mass is 417 g/mol. The molecule has 0 unspecified atom stereocenters. The third-order valence-electron chi connectivity index (χ3n) is 4.48. The van der Waals surface area contributed by atoms with E-state index in [4.69, 9.17) is 16.3 Å². The molecular formula is C24H20ClN3O2. The highest BCUT2D eigenvalue weighted by molar-refractivity contribution is 6.30. The largest absolute Gasteiger partial charge is 0.471 e. The predicted molar refractivity (Wildman–Crippen MR) is 118 cm³/mol. The molecule has 0 saturated heterocycles. The van der Waals surface area contributed by atoms with Crippen LogP contribution in [0, 0.1) is 0 Å². The number of hydrogen-bond donors (Lipinski definition) is 1. The van der Waals surface area contributed by atoms with Crippen molar-refractivity contribution in [1.82, 2.24) is 9.78 Å². The van der Waals surface area contributed by atoms with Crippen LogP contribution in [-0.4, -0.2) is 15.7 Å². The molecule has 5 nitrogen and oxygen atoms in total. The number of halogens is 1. The summed E-state index contributed by atoms with van der Waals surface area (Å²) in [5.74, 6) is 0.000874. The molecule has 0 atom stereocenters. The molecule has 0 bridgehead atoms. The maximum Gasteiger partial charge on any atom is 0.262 e. The molecule has 1 heterocycles. The minimum absolute atomic E-state index is 0.292. The van der Waals surface area contributed by atoms with Gasteiger partial charge in [0.15, 0.2) is 0 Å². The van der Waals surface area contributed by atoms with E-state index in [1.165, 1.54) is 0 Å². The van der Waals surface area contributed by atoms with Crippen molar-refractivity contribution < 1.29 is 9.53 Å². The summed E-state index contributed by atoms with van der Waals surface area (Å²) in [4.78, 5) is 12.9. The first-order chi connectivity index (χ1) is 14.7. The van der Waals surface area contributed by atoms with Gasteiger partial charge in [0.25, 0.3) is 5.91 Å². The SMILES string of the molecule is O=C(Nc1ccc(Cl)cc1)c1cn(Cc2ccccc2)nc1OCc1ccccc1. The molecule has 0 fully saturated rings. The molecule has 4 rings (SSSR count). The van der Waals surface area contributed by atoms with Gasteiger partial charge < -0.3 is 10.1 Å². The zero-order chi connectivity index (χ0) is 20.8. The number of nitrogens with zero attached hydrogens (tertiary/aromatic N) is 2.